The van der Waals surface area contributed by atoms with E-state index in [4.69, 9.17) is 10.5 Å². The second-order valence-corrected chi connectivity index (χ2v) is 6.35. The molecule has 0 unspecified atom stereocenters. The van der Waals surface area contributed by atoms with Gasteiger partial charge >= 0.3 is 5.56 Å². The third-order valence-corrected chi connectivity index (χ3v) is 4.60. The van der Waals surface area contributed by atoms with Gasteiger partial charge in [0.05, 0.1) is 6.61 Å². The van der Waals surface area contributed by atoms with E-state index in [0.29, 0.717) is 5.56 Å². The zero-order valence-corrected chi connectivity index (χ0v) is 14.4. The number of fused-ring (bicyclic) bond motifs is 1. The van der Waals surface area contributed by atoms with Crippen LogP contribution in [0.15, 0.2) is 39.9 Å². The average Bonchev–Trinajstić information content (AvgIpc) is 3.17. The first-order chi connectivity index (χ1) is 13.4. The van der Waals surface area contributed by atoms with Crippen molar-refractivity contribution in [1.82, 2.24) is 19.5 Å². The fraction of sp³-hybridized carbons (Fsp3) is 0.294. The molecule has 28 heavy (non-hydrogen) atoms. The minimum absolute atomic E-state index is 0.152. The Morgan fingerprint density at radius 3 is 2.50 bits per heavy atom. The second kappa shape index (κ2) is 6.80. The third-order valence-electron chi connectivity index (χ3n) is 4.60. The van der Waals surface area contributed by atoms with E-state index >= 15 is 0 Å². The van der Waals surface area contributed by atoms with E-state index < -0.39 is 42.3 Å². The number of aromatic amines is 1. The van der Waals surface area contributed by atoms with E-state index in [2.05, 4.69) is 15.0 Å². The van der Waals surface area contributed by atoms with Gasteiger partial charge in [0, 0.05) is 5.56 Å². The van der Waals surface area contributed by atoms with Crippen molar-refractivity contribution in [1.29, 1.82) is 0 Å². The number of aliphatic hydroxyl groups is 3. The lowest BCUT2D eigenvalue weighted by atomic mass is 10.1. The highest BCUT2D eigenvalue weighted by Gasteiger charge is 2.45. The molecular weight excluding hydrogens is 370 g/mol. The minimum Gasteiger partial charge on any atom is -0.394 e. The van der Waals surface area contributed by atoms with Crippen molar-refractivity contribution in [3.8, 4) is 11.4 Å². The van der Waals surface area contributed by atoms with Gasteiger partial charge in [0.25, 0.3) is 5.56 Å². The molecule has 2 aromatic heterocycles. The van der Waals surface area contributed by atoms with Crippen LogP contribution in [-0.2, 0) is 4.74 Å². The summed E-state index contributed by atoms with van der Waals surface area (Å²) in [4.78, 5) is 35.2. The molecule has 6 N–H and O–H groups in total. The van der Waals surface area contributed by atoms with E-state index in [1.165, 1.54) is 4.57 Å². The summed E-state index contributed by atoms with van der Waals surface area (Å²) >= 11 is 0. The average molecular weight is 387 g/mol. The van der Waals surface area contributed by atoms with Gasteiger partial charge in [-0.15, -0.1) is 0 Å². The van der Waals surface area contributed by atoms with Gasteiger partial charge in [-0.3, -0.25) is 19.1 Å². The molecular formula is C17H17N5O6. The van der Waals surface area contributed by atoms with Gasteiger partial charge in [-0.1, -0.05) is 30.3 Å². The van der Waals surface area contributed by atoms with Crippen LogP contribution in [0.1, 0.15) is 6.23 Å². The van der Waals surface area contributed by atoms with E-state index in [0.717, 1.165) is 0 Å². The quantitative estimate of drug-likeness (QED) is 0.352. The van der Waals surface area contributed by atoms with Gasteiger partial charge in [0.1, 0.15) is 29.7 Å². The fourth-order valence-corrected chi connectivity index (χ4v) is 3.30. The van der Waals surface area contributed by atoms with Crippen molar-refractivity contribution in [2.45, 2.75) is 24.5 Å². The normalized spacial score (nSPS) is 24.7. The highest BCUT2D eigenvalue weighted by molar-refractivity contribution is 5.79. The Balaban J connectivity index is 2.08. The summed E-state index contributed by atoms with van der Waals surface area (Å²) in [6, 6.07) is 8.62. The Labute approximate surface area is 156 Å². The van der Waals surface area contributed by atoms with E-state index in [9.17, 15) is 24.9 Å². The molecule has 11 heteroatoms. The largest absolute Gasteiger partial charge is 0.394 e. The lowest BCUT2D eigenvalue weighted by Crippen LogP contribution is -2.33. The van der Waals surface area contributed by atoms with Crippen LogP contribution < -0.4 is 16.9 Å². The number of H-pyrrole nitrogens is 1. The van der Waals surface area contributed by atoms with Crippen molar-refractivity contribution in [2.24, 2.45) is 0 Å². The fourth-order valence-electron chi connectivity index (χ4n) is 3.30. The van der Waals surface area contributed by atoms with E-state index in [1.54, 1.807) is 30.3 Å². The standard InChI is InChI=1S/C17H17N5O6/c18-17-20-14(26)9-10(15(27)21-17)22(13(19-9)7-4-2-1-3-5-7)16-12(25)11(24)8(6-23)28-16/h1-5,8,11-12,16,23-25H,6H2,(H3,18,20,21,26,27)/t8-,11-,12-,16-/m1/s1. The number of anilines is 1. The van der Waals surface area contributed by atoms with E-state index in [1.807, 2.05) is 0 Å². The molecule has 3 aromatic rings. The minimum atomic E-state index is -1.48. The lowest BCUT2D eigenvalue weighted by molar-refractivity contribution is -0.0501. The zero-order chi connectivity index (χ0) is 20.0. The van der Waals surface area contributed by atoms with Gasteiger partial charge in [-0.05, 0) is 0 Å². The molecule has 3 heterocycles. The number of nitrogens with zero attached hydrogens (tertiary/aromatic N) is 3. The molecule has 0 radical (unpaired) electrons. The number of nitrogens with one attached hydrogen (secondary N) is 1. The van der Waals surface area contributed by atoms with Crippen LogP contribution in [0.2, 0.25) is 0 Å². The highest BCUT2D eigenvalue weighted by atomic mass is 16.6. The van der Waals surface area contributed by atoms with Crippen molar-refractivity contribution >= 4 is 17.0 Å². The van der Waals surface area contributed by atoms with Crippen molar-refractivity contribution in [3.63, 3.8) is 0 Å². The summed E-state index contributed by atoms with van der Waals surface area (Å²) in [7, 11) is 0. The van der Waals surface area contributed by atoms with Crippen LogP contribution in [-0.4, -0.2) is 59.8 Å². The number of hydrogen-bond donors (Lipinski definition) is 5. The number of hydrogen-bond acceptors (Lipinski definition) is 9. The number of imidazole rings is 1. The summed E-state index contributed by atoms with van der Waals surface area (Å²) in [5, 5.41) is 30.0. The molecule has 146 valence electrons. The van der Waals surface area contributed by atoms with Gasteiger partial charge in [-0.25, -0.2) is 4.98 Å². The third kappa shape index (κ3) is 2.77. The maximum atomic E-state index is 12.7. The number of aromatic nitrogens is 4. The molecule has 0 spiro atoms. The predicted molar refractivity (Wildman–Crippen MR) is 97.3 cm³/mol. The van der Waals surface area contributed by atoms with Crippen LogP contribution in [0.4, 0.5) is 5.95 Å². The summed E-state index contributed by atoms with van der Waals surface area (Å²) in [6.45, 7) is -0.548. The molecule has 1 saturated heterocycles. The molecule has 0 amide bonds. The van der Waals surface area contributed by atoms with Crippen LogP contribution in [0.5, 0.6) is 0 Å². The van der Waals surface area contributed by atoms with Gasteiger partial charge in [0.15, 0.2) is 11.7 Å². The monoisotopic (exact) mass is 387 g/mol. The first-order valence-electron chi connectivity index (χ1n) is 8.42. The maximum Gasteiger partial charge on any atom is 0.301 e. The Hall–Kier alpha value is -3.12. The smallest absolute Gasteiger partial charge is 0.301 e. The van der Waals surface area contributed by atoms with Crippen LogP contribution >= 0.6 is 0 Å². The van der Waals surface area contributed by atoms with Crippen LogP contribution in [0.25, 0.3) is 22.4 Å². The van der Waals surface area contributed by atoms with Gasteiger partial charge in [-0.2, -0.15) is 4.98 Å². The number of ether oxygens (including phenoxy) is 1. The molecule has 4 atom stereocenters. The van der Waals surface area contributed by atoms with Crippen molar-refractivity contribution < 1.29 is 20.1 Å². The molecule has 4 rings (SSSR count). The topological polar surface area (TPSA) is 177 Å². The maximum absolute atomic E-state index is 12.7. The van der Waals surface area contributed by atoms with Gasteiger partial charge < -0.3 is 25.8 Å². The SMILES string of the molecule is Nc1nc(=O)c2nc(-c3ccccc3)n([C@@H]3O[C@H](CO)[C@@H](O)[C@H]3O)c2c(=O)[nH]1. The lowest BCUT2D eigenvalue weighted by Gasteiger charge is -2.19. The molecule has 0 saturated carbocycles. The van der Waals surface area contributed by atoms with Crippen molar-refractivity contribution in [3.05, 3.63) is 51.0 Å². The molecule has 1 fully saturated rings. The number of nitrogen functional groups attached to an aromatic ring is 1. The highest BCUT2D eigenvalue weighted by Crippen LogP contribution is 2.34. The molecule has 11 nitrogen and oxygen atoms in total. The second-order valence-electron chi connectivity index (χ2n) is 6.35. The summed E-state index contributed by atoms with van der Waals surface area (Å²) < 4.78 is 6.79. The Kier molecular flexibility index (Phi) is 4.43. The molecule has 0 aliphatic carbocycles. The number of benzene rings is 1. The predicted octanol–water partition coefficient (Wildman–Crippen LogP) is -1.66. The Morgan fingerprint density at radius 1 is 1.14 bits per heavy atom. The van der Waals surface area contributed by atoms with E-state index in [-0.39, 0.29) is 22.8 Å². The number of aliphatic hydroxyl groups excluding tert-OH is 3. The molecule has 0 bridgehead atoms. The summed E-state index contributed by atoms with van der Waals surface area (Å²) in [5.41, 5.74) is 3.94. The van der Waals surface area contributed by atoms with Crippen LogP contribution in [0.3, 0.4) is 0 Å². The first kappa shape index (κ1) is 18.3. The van der Waals surface area contributed by atoms with Crippen molar-refractivity contribution in [2.75, 3.05) is 12.3 Å². The Morgan fingerprint density at radius 2 is 1.86 bits per heavy atom. The first-order valence-corrected chi connectivity index (χ1v) is 8.42. The molecule has 1 aliphatic rings. The number of rotatable bonds is 3. The summed E-state index contributed by atoms with van der Waals surface area (Å²) in [6.07, 6.45) is -5.24. The number of nitrogens with two attached hydrogens (primary N) is 1. The summed E-state index contributed by atoms with van der Waals surface area (Å²) in [5.74, 6) is -0.235. The van der Waals surface area contributed by atoms with Crippen LogP contribution in [0, 0.1) is 0 Å². The molecule has 1 aliphatic heterocycles. The zero-order valence-electron chi connectivity index (χ0n) is 14.4. The van der Waals surface area contributed by atoms with Gasteiger partial charge in [0.2, 0.25) is 5.95 Å². The molecule has 1 aromatic carbocycles. The Bertz CT molecular complexity index is 1140.